The highest BCUT2D eigenvalue weighted by atomic mass is 16.3. The van der Waals surface area contributed by atoms with E-state index in [1.165, 1.54) is 11.1 Å². The SMILES string of the molecule is c1ccc(-c2cccc(-c3ccc4oc5cc(-c6nc(-c7ccccc7)nc(-c7ccccc7)n6)c6ccccc6c5c4c3)c2)cc1. The topological polar surface area (TPSA) is 51.8 Å². The molecule has 9 aromatic rings. The molecule has 0 bridgehead atoms. The molecular formula is C43H27N3O. The first-order valence-corrected chi connectivity index (χ1v) is 15.7. The van der Waals surface area contributed by atoms with Crippen LogP contribution in [-0.2, 0) is 0 Å². The van der Waals surface area contributed by atoms with Crippen LogP contribution in [0.1, 0.15) is 0 Å². The normalized spacial score (nSPS) is 11.4. The van der Waals surface area contributed by atoms with Gasteiger partial charge in [-0.15, -0.1) is 0 Å². The van der Waals surface area contributed by atoms with Crippen LogP contribution in [0.25, 0.3) is 89.1 Å². The van der Waals surface area contributed by atoms with Crippen LogP contribution in [0.3, 0.4) is 0 Å². The lowest BCUT2D eigenvalue weighted by Crippen LogP contribution is -2.00. The van der Waals surface area contributed by atoms with Crippen LogP contribution in [0.5, 0.6) is 0 Å². The Morgan fingerprint density at radius 3 is 1.49 bits per heavy atom. The van der Waals surface area contributed by atoms with Crippen molar-refractivity contribution in [3.05, 3.63) is 164 Å². The summed E-state index contributed by atoms with van der Waals surface area (Å²) in [7, 11) is 0. The second kappa shape index (κ2) is 11.2. The third-order valence-electron chi connectivity index (χ3n) is 8.72. The highest BCUT2D eigenvalue weighted by Crippen LogP contribution is 2.41. The number of benzene rings is 7. The van der Waals surface area contributed by atoms with E-state index >= 15 is 0 Å². The first-order chi connectivity index (χ1) is 23.3. The average molecular weight is 602 g/mol. The monoisotopic (exact) mass is 601 g/mol. The fourth-order valence-corrected chi connectivity index (χ4v) is 6.44. The van der Waals surface area contributed by atoms with Gasteiger partial charge >= 0.3 is 0 Å². The maximum Gasteiger partial charge on any atom is 0.164 e. The molecule has 0 amide bonds. The zero-order valence-electron chi connectivity index (χ0n) is 25.3. The number of hydrogen-bond acceptors (Lipinski definition) is 4. The van der Waals surface area contributed by atoms with E-state index in [1.54, 1.807) is 0 Å². The lowest BCUT2D eigenvalue weighted by atomic mass is 9.96. The lowest BCUT2D eigenvalue weighted by molar-refractivity contribution is 0.669. The van der Waals surface area contributed by atoms with Crippen LogP contribution in [0.4, 0.5) is 0 Å². The van der Waals surface area contributed by atoms with Gasteiger partial charge in [0.2, 0.25) is 0 Å². The molecule has 0 atom stereocenters. The Bertz CT molecular complexity index is 2500. The first kappa shape index (κ1) is 27.0. The zero-order valence-corrected chi connectivity index (χ0v) is 25.3. The van der Waals surface area contributed by atoms with Gasteiger partial charge < -0.3 is 4.42 Å². The molecule has 0 unspecified atom stereocenters. The average Bonchev–Trinajstić information content (AvgIpc) is 3.53. The number of nitrogens with zero attached hydrogens (tertiary/aromatic N) is 3. The number of fused-ring (bicyclic) bond motifs is 5. The molecule has 47 heavy (non-hydrogen) atoms. The smallest absolute Gasteiger partial charge is 0.164 e. The molecule has 0 N–H and O–H groups in total. The molecule has 0 saturated heterocycles. The van der Waals surface area contributed by atoms with Gasteiger partial charge in [-0.1, -0.05) is 140 Å². The van der Waals surface area contributed by atoms with Gasteiger partial charge in [-0.25, -0.2) is 15.0 Å². The van der Waals surface area contributed by atoms with E-state index in [2.05, 4.69) is 97.1 Å². The van der Waals surface area contributed by atoms with Gasteiger partial charge in [0, 0.05) is 27.5 Å². The van der Waals surface area contributed by atoms with Gasteiger partial charge in [0.1, 0.15) is 11.2 Å². The number of hydrogen-bond donors (Lipinski definition) is 0. The summed E-state index contributed by atoms with van der Waals surface area (Å²) >= 11 is 0. The van der Waals surface area contributed by atoms with Gasteiger partial charge in [-0.2, -0.15) is 0 Å². The third-order valence-corrected chi connectivity index (χ3v) is 8.72. The fraction of sp³-hybridized carbons (Fsp3) is 0. The molecule has 4 heteroatoms. The van der Waals surface area contributed by atoms with Crippen molar-refractivity contribution in [2.45, 2.75) is 0 Å². The Hall–Kier alpha value is -6.39. The molecule has 2 aromatic heterocycles. The molecule has 7 aromatic carbocycles. The lowest BCUT2D eigenvalue weighted by Gasteiger charge is -2.11. The van der Waals surface area contributed by atoms with Crippen molar-refractivity contribution < 1.29 is 4.42 Å². The summed E-state index contributed by atoms with van der Waals surface area (Å²) in [5.41, 5.74) is 9.11. The Morgan fingerprint density at radius 1 is 0.319 bits per heavy atom. The van der Waals surface area contributed by atoms with Crippen LogP contribution in [-0.4, -0.2) is 15.0 Å². The quantitative estimate of drug-likeness (QED) is 0.197. The van der Waals surface area contributed by atoms with Gasteiger partial charge in [0.25, 0.3) is 0 Å². The third kappa shape index (κ3) is 4.84. The number of rotatable bonds is 5. The van der Waals surface area contributed by atoms with Crippen molar-refractivity contribution in [1.29, 1.82) is 0 Å². The largest absolute Gasteiger partial charge is 0.456 e. The van der Waals surface area contributed by atoms with E-state index in [9.17, 15) is 0 Å². The van der Waals surface area contributed by atoms with Crippen molar-refractivity contribution in [2.24, 2.45) is 0 Å². The summed E-state index contributed by atoms with van der Waals surface area (Å²) in [6.45, 7) is 0. The van der Waals surface area contributed by atoms with Crippen molar-refractivity contribution >= 4 is 32.7 Å². The second-order valence-electron chi connectivity index (χ2n) is 11.6. The minimum absolute atomic E-state index is 0.606. The highest BCUT2D eigenvalue weighted by molar-refractivity contribution is 6.22. The van der Waals surface area contributed by atoms with Gasteiger partial charge in [0.15, 0.2) is 17.5 Å². The van der Waals surface area contributed by atoms with Gasteiger partial charge in [0.05, 0.1) is 0 Å². The van der Waals surface area contributed by atoms with E-state index in [0.717, 1.165) is 60.5 Å². The van der Waals surface area contributed by atoms with Crippen LogP contribution in [0.2, 0.25) is 0 Å². The van der Waals surface area contributed by atoms with E-state index in [1.807, 2.05) is 66.7 Å². The first-order valence-electron chi connectivity index (χ1n) is 15.7. The Labute approximate surface area is 271 Å². The molecule has 0 fully saturated rings. The fourth-order valence-electron chi connectivity index (χ4n) is 6.44. The van der Waals surface area contributed by atoms with E-state index in [-0.39, 0.29) is 0 Å². The summed E-state index contributed by atoms with van der Waals surface area (Å²) in [6.07, 6.45) is 0. The molecule has 0 saturated carbocycles. The molecule has 0 spiro atoms. The van der Waals surface area contributed by atoms with E-state index in [0.29, 0.717) is 17.5 Å². The summed E-state index contributed by atoms with van der Waals surface area (Å²) in [4.78, 5) is 15.0. The molecule has 0 aliphatic heterocycles. The standard InChI is InChI=1S/C43H27N3O/c1-4-13-28(14-5-1)31-19-12-20-32(25-31)33-23-24-38-37(26-33)40-35-22-11-10-21-34(35)36(27-39(40)47-38)43-45-41(29-15-6-2-7-16-29)44-42(46-43)30-17-8-3-9-18-30/h1-27H. The number of furan rings is 1. The van der Waals surface area contributed by atoms with Crippen LogP contribution < -0.4 is 0 Å². The number of aromatic nitrogens is 3. The van der Waals surface area contributed by atoms with Crippen molar-refractivity contribution in [2.75, 3.05) is 0 Å². The predicted molar refractivity (Wildman–Crippen MR) is 192 cm³/mol. The summed E-state index contributed by atoms with van der Waals surface area (Å²) in [5, 5.41) is 4.32. The molecule has 9 rings (SSSR count). The molecule has 220 valence electrons. The second-order valence-corrected chi connectivity index (χ2v) is 11.6. The van der Waals surface area contributed by atoms with E-state index < -0.39 is 0 Å². The van der Waals surface area contributed by atoms with Crippen molar-refractivity contribution in [1.82, 2.24) is 15.0 Å². The minimum Gasteiger partial charge on any atom is -0.456 e. The summed E-state index contributed by atoms with van der Waals surface area (Å²) < 4.78 is 6.57. The molecule has 2 heterocycles. The molecule has 0 aliphatic carbocycles. The molecule has 0 radical (unpaired) electrons. The maximum atomic E-state index is 6.57. The minimum atomic E-state index is 0.606. The summed E-state index contributed by atoms with van der Waals surface area (Å²) in [6, 6.07) is 56.3. The van der Waals surface area contributed by atoms with Gasteiger partial charge in [-0.3, -0.25) is 0 Å². The van der Waals surface area contributed by atoms with Gasteiger partial charge in [-0.05, 0) is 57.3 Å². The Morgan fingerprint density at radius 2 is 0.830 bits per heavy atom. The van der Waals surface area contributed by atoms with Crippen LogP contribution >= 0.6 is 0 Å². The Balaban J connectivity index is 1.24. The Kier molecular flexibility index (Phi) is 6.43. The predicted octanol–water partition coefficient (Wildman–Crippen LogP) is 11.3. The molecule has 0 aliphatic rings. The van der Waals surface area contributed by atoms with Crippen molar-refractivity contribution in [3.63, 3.8) is 0 Å². The van der Waals surface area contributed by atoms with Crippen LogP contribution in [0, 0.1) is 0 Å². The van der Waals surface area contributed by atoms with E-state index in [4.69, 9.17) is 19.4 Å². The summed E-state index contributed by atoms with van der Waals surface area (Å²) in [5.74, 6) is 1.87. The maximum absolute atomic E-state index is 6.57. The van der Waals surface area contributed by atoms with Crippen molar-refractivity contribution in [3.8, 4) is 56.4 Å². The molecular weight excluding hydrogens is 574 g/mol. The zero-order chi connectivity index (χ0) is 31.2. The molecule has 4 nitrogen and oxygen atoms in total. The van der Waals surface area contributed by atoms with Crippen LogP contribution in [0.15, 0.2) is 168 Å². The highest BCUT2D eigenvalue weighted by Gasteiger charge is 2.19.